The van der Waals surface area contributed by atoms with Crippen LogP contribution >= 0.6 is 0 Å². The fourth-order valence-corrected chi connectivity index (χ4v) is 1.97. The van der Waals surface area contributed by atoms with E-state index < -0.39 is 12.1 Å². The molecule has 0 saturated heterocycles. The lowest BCUT2D eigenvalue weighted by Crippen LogP contribution is -2.36. The Bertz CT molecular complexity index is 648. The lowest BCUT2D eigenvalue weighted by Gasteiger charge is -2.19. The Hall–Kier alpha value is -2.88. The maximum absolute atomic E-state index is 12.1. The molecule has 108 valence electrons. The van der Waals surface area contributed by atoms with E-state index in [9.17, 15) is 9.59 Å². The van der Waals surface area contributed by atoms with E-state index in [2.05, 4.69) is 5.16 Å². The SMILES string of the molecule is CN(Cc1cccc(C#N)c1)C(=O)C1CC(C(=O)O)=NO1. The summed E-state index contributed by atoms with van der Waals surface area (Å²) >= 11 is 0. The topological polar surface area (TPSA) is 103 Å². The minimum atomic E-state index is -1.19. The van der Waals surface area contributed by atoms with E-state index in [1.54, 1.807) is 31.3 Å². The van der Waals surface area contributed by atoms with Crippen molar-refractivity contribution in [3.63, 3.8) is 0 Å². The number of carbonyl (C=O) groups excluding carboxylic acids is 1. The molecule has 2 rings (SSSR count). The predicted molar refractivity (Wildman–Crippen MR) is 72.2 cm³/mol. The van der Waals surface area contributed by atoms with Crippen molar-refractivity contribution < 1.29 is 19.5 Å². The lowest BCUT2D eigenvalue weighted by molar-refractivity contribution is -0.141. The summed E-state index contributed by atoms with van der Waals surface area (Å²) in [5, 5.41) is 21.0. The van der Waals surface area contributed by atoms with Crippen LogP contribution in [-0.4, -0.2) is 40.7 Å². The number of benzene rings is 1. The number of carboxylic acid groups (broad SMARTS) is 1. The fraction of sp³-hybridized carbons (Fsp3) is 0.286. The third-order valence-corrected chi connectivity index (χ3v) is 3.04. The number of oxime groups is 1. The van der Waals surface area contributed by atoms with Crippen molar-refractivity contribution in [2.24, 2.45) is 5.16 Å². The summed E-state index contributed by atoms with van der Waals surface area (Å²) in [4.78, 5) is 29.2. The number of carbonyl (C=O) groups is 2. The Morgan fingerprint density at radius 1 is 1.57 bits per heavy atom. The van der Waals surface area contributed by atoms with E-state index in [1.807, 2.05) is 6.07 Å². The van der Waals surface area contributed by atoms with Crippen LogP contribution in [0.15, 0.2) is 29.4 Å². The summed E-state index contributed by atoms with van der Waals surface area (Å²) in [6.07, 6.45) is -0.947. The summed E-state index contributed by atoms with van der Waals surface area (Å²) < 4.78 is 0. The van der Waals surface area contributed by atoms with Gasteiger partial charge in [0, 0.05) is 20.0 Å². The first kappa shape index (κ1) is 14.5. The zero-order valence-electron chi connectivity index (χ0n) is 11.3. The highest BCUT2D eigenvalue weighted by Crippen LogP contribution is 2.15. The number of carboxylic acids is 1. The van der Waals surface area contributed by atoms with Crippen LogP contribution in [0.5, 0.6) is 0 Å². The zero-order valence-corrected chi connectivity index (χ0v) is 11.3. The third-order valence-electron chi connectivity index (χ3n) is 3.04. The molecule has 21 heavy (non-hydrogen) atoms. The van der Waals surface area contributed by atoms with Crippen LogP contribution in [-0.2, 0) is 21.0 Å². The van der Waals surface area contributed by atoms with Crippen LogP contribution in [0, 0.1) is 11.3 Å². The number of likely N-dealkylation sites (N-methyl/N-ethyl adjacent to an activating group) is 1. The second-order valence-electron chi connectivity index (χ2n) is 4.65. The van der Waals surface area contributed by atoms with E-state index in [-0.39, 0.29) is 18.0 Å². The first-order chi connectivity index (χ1) is 10.0. The molecule has 1 aromatic rings. The molecule has 0 fully saturated rings. The minimum Gasteiger partial charge on any atom is -0.477 e. The molecule has 0 bridgehead atoms. The highest BCUT2D eigenvalue weighted by molar-refractivity contribution is 6.36. The Labute approximate surface area is 121 Å². The van der Waals surface area contributed by atoms with Crippen LogP contribution in [0.2, 0.25) is 0 Å². The number of nitriles is 1. The van der Waals surface area contributed by atoms with Gasteiger partial charge in [0.15, 0.2) is 5.71 Å². The van der Waals surface area contributed by atoms with Gasteiger partial charge in [-0.15, -0.1) is 0 Å². The van der Waals surface area contributed by atoms with Crippen molar-refractivity contribution in [1.29, 1.82) is 5.26 Å². The molecule has 0 aliphatic carbocycles. The highest BCUT2D eigenvalue weighted by atomic mass is 16.6. The molecular formula is C14H13N3O4. The number of nitrogens with zero attached hydrogens (tertiary/aromatic N) is 3. The summed E-state index contributed by atoms with van der Waals surface area (Å²) in [5.41, 5.74) is 1.16. The smallest absolute Gasteiger partial charge is 0.353 e. The molecule has 7 nitrogen and oxygen atoms in total. The van der Waals surface area contributed by atoms with Crippen molar-refractivity contribution in [2.45, 2.75) is 19.1 Å². The molecule has 1 N–H and O–H groups in total. The largest absolute Gasteiger partial charge is 0.477 e. The first-order valence-corrected chi connectivity index (χ1v) is 6.21. The molecule has 1 aliphatic heterocycles. The first-order valence-electron chi connectivity index (χ1n) is 6.21. The van der Waals surface area contributed by atoms with Gasteiger partial charge in [0.1, 0.15) is 0 Å². The minimum absolute atomic E-state index is 0.0449. The number of amides is 1. The van der Waals surface area contributed by atoms with E-state index in [0.717, 1.165) is 5.56 Å². The molecule has 7 heteroatoms. The van der Waals surface area contributed by atoms with E-state index in [0.29, 0.717) is 12.1 Å². The summed E-state index contributed by atoms with van der Waals surface area (Å²) in [7, 11) is 1.59. The monoisotopic (exact) mass is 287 g/mol. The molecule has 0 radical (unpaired) electrons. The van der Waals surface area contributed by atoms with Gasteiger partial charge in [0.05, 0.1) is 11.6 Å². The molecule has 0 aromatic heterocycles. The quantitative estimate of drug-likeness (QED) is 0.880. The zero-order chi connectivity index (χ0) is 15.4. The molecule has 1 unspecified atom stereocenters. The molecule has 1 atom stereocenters. The van der Waals surface area contributed by atoms with Gasteiger partial charge in [-0.3, -0.25) is 4.79 Å². The van der Waals surface area contributed by atoms with E-state index >= 15 is 0 Å². The predicted octanol–water partition coefficient (Wildman–Crippen LogP) is 0.746. The summed E-state index contributed by atoms with van der Waals surface area (Å²) in [6.45, 7) is 0.302. The van der Waals surface area contributed by atoms with Gasteiger partial charge in [-0.2, -0.15) is 5.26 Å². The maximum atomic E-state index is 12.1. The number of rotatable bonds is 4. The Morgan fingerprint density at radius 2 is 2.33 bits per heavy atom. The molecule has 1 aliphatic rings. The molecule has 0 saturated carbocycles. The van der Waals surface area contributed by atoms with Gasteiger partial charge in [0.25, 0.3) is 5.91 Å². The average Bonchev–Trinajstić information content (AvgIpc) is 2.96. The van der Waals surface area contributed by atoms with Crippen molar-refractivity contribution >= 4 is 17.6 Å². The van der Waals surface area contributed by atoms with Crippen molar-refractivity contribution in [3.05, 3.63) is 35.4 Å². The third kappa shape index (κ3) is 3.36. The van der Waals surface area contributed by atoms with Gasteiger partial charge in [-0.05, 0) is 17.7 Å². The van der Waals surface area contributed by atoms with Crippen LogP contribution in [0.3, 0.4) is 0 Å². The highest BCUT2D eigenvalue weighted by Gasteiger charge is 2.33. The molecular weight excluding hydrogens is 274 g/mol. The second kappa shape index (κ2) is 6.05. The Morgan fingerprint density at radius 3 is 2.95 bits per heavy atom. The number of hydrogen-bond acceptors (Lipinski definition) is 5. The van der Waals surface area contributed by atoms with Gasteiger partial charge >= 0.3 is 5.97 Å². The Balaban J connectivity index is 1.98. The van der Waals surface area contributed by atoms with E-state index in [1.165, 1.54) is 4.90 Å². The number of hydrogen-bond donors (Lipinski definition) is 1. The molecule has 1 aromatic carbocycles. The number of aliphatic carboxylic acids is 1. The molecule has 1 amide bonds. The van der Waals surface area contributed by atoms with Gasteiger partial charge in [-0.25, -0.2) is 4.79 Å². The van der Waals surface area contributed by atoms with Crippen molar-refractivity contribution in [3.8, 4) is 6.07 Å². The van der Waals surface area contributed by atoms with Crippen LogP contribution < -0.4 is 0 Å². The van der Waals surface area contributed by atoms with Crippen molar-refractivity contribution in [1.82, 2.24) is 4.90 Å². The summed E-state index contributed by atoms with van der Waals surface area (Å²) in [5.74, 6) is -1.54. The van der Waals surface area contributed by atoms with Crippen molar-refractivity contribution in [2.75, 3.05) is 7.05 Å². The summed E-state index contributed by atoms with van der Waals surface area (Å²) in [6, 6.07) is 8.95. The molecule has 0 spiro atoms. The van der Waals surface area contributed by atoms with Crippen LogP contribution in [0.4, 0.5) is 0 Å². The normalized spacial score (nSPS) is 16.6. The van der Waals surface area contributed by atoms with Crippen LogP contribution in [0.25, 0.3) is 0 Å². The fourth-order valence-electron chi connectivity index (χ4n) is 1.97. The van der Waals surface area contributed by atoms with Crippen LogP contribution in [0.1, 0.15) is 17.5 Å². The standard InChI is InChI=1S/C14H13N3O4/c1-17(8-10-4-2-3-9(5-10)7-15)13(18)12-6-11(14(19)20)16-21-12/h2-5,12H,6,8H2,1H3,(H,19,20). The van der Waals surface area contributed by atoms with Gasteiger partial charge in [-0.1, -0.05) is 17.3 Å². The van der Waals surface area contributed by atoms with Gasteiger partial charge < -0.3 is 14.8 Å². The van der Waals surface area contributed by atoms with E-state index in [4.69, 9.17) is 15.2 Å². The second-order valence-corrected chi connectivity index (χ2v) is 4.65. The lowest BCUT2D eigenvalue weighted by atomic mass is 10.1. The maximum Gasteiger partial charge on any atom is 0.353 e. The Kier molecular flexibility index (Phi) is 4.18. The average molecular weight is 287 g/mol. The molecule has 1 heterocycles. The van der Waals surface area contributed by atoms with Gasteiger partial charge in [0.2, 0.25) is 6.10 Å².